The Hall–Kier alpha value is -2.94. The number of hydrogen-bond donors (Lipinski definition) is 1. The molecule has 0 spiro atoms. The Kier molecular flexibility index (Phi) is 7.44. The molecule has 1 aliphatic rings. The number of carbonyl (C=O) groups excluding carboxylic acids is 1. The molecule has 0 unspecified atom stereocenters. The average Bonchev–Trinajstić information content (AvgIpc) is 2.84. The first-order valence-corrected chi connectivity index (χ1v) is 13.1. The molecule has 3 aromatic rings. The van der Waals surface area contributed by atoms with Crippen molar-refractivity contribution in [3.05, 3.63) is 81.8 Å². The summed E-state index contributed by atoms with van der Waals surface area (Å²) in [5, 5.41) is 3.29. The molecule has 35 heavy (non-hydrogen) atoms. The predicted octanol–water partition coefficient (Wildman–Crippen LogP) is 5.15. The van der Waals surface area contributed by atoms with Crippen molar-refractivity contribution in [1.29, 1.82) is 0 Å². The van der Waals surface area contributed by atoms with Crippen molar-refractivity contribution in [3.63, 3.8) is 0 Å². The minimum atomic E-state index is -4.12. The van der Waals surface area contributed by atoms with Gasteiger partial charge in [-0.3, -0.25) is 9.10 Å². The minimum absolute atomic E-state index is 0.0341. The van der Waals surface area contributed by atoms with Crippen molar-refractivity contribution < 1.29 is 22.7 Å². The molecule has 0 bridgehead atoms. The van der Waals surface area contributed by atoms with Gasteiger partial charge in [0.1, 0.15) is 19.8 Å². The molecule has 4 rings (SSSR count). The Labute approximate surface area is 214 Å². The predicted molar refractivity (Wildman–Crippen MR) is 136 cm³/mol. The summed E-state index contributed by atoms with van der Waals surface area (Å²) in [7, 11) is -4.12. The lowest BCUT2D eigenvalue weighted by Gasteiger charge is -2.26. The summed E-state index contributed by atoms with van der Waals surface area (Å²) in [6.45, 7) is 4.09. The normalized spacial score (nSPS) is 13.7. The fourth-order valence-electron chi connectivity index (χ4n) is 3.64. The topological polar surface area (TPSA) is 84.9 Å². The second-order valence-corrected chi connectivity index (χ2v) is 10.8. The molecule has 0 saturated heterocycles. The second kappa shape index (κ2) is 10.4. The van der Waals surface area contributed by atoms with Gasteiger partial charge >= 0.3 is 0 Å². The third-order valence-corrected chi connectivity index (χ3v) is 7.85. The van der Waals surface area contributed by atoms with Crippen molar-refractivity contribution in [2.45, 2.75) is 24.8 Å². The van der Waals surface area contributed by atoms with Crippen molar-refractivity contribution in [2.24, 2.45) is 0 Å². The van der Waals surface area contributed by atoms with E-state index >= 15 is 0 Å². The summed E-state index contributed by atoms with van der Waals surface area (Å²) in [6.07, 6.45) is 0. The maximum absolute atomic E-state index is 13.6. The average molecular weight is 535 g/mol. The van der Waals surface area contributed by atoms with E-state index in [1.54, 1.807) is 37.3 Å². The van der Waals surface area contributed by atoms with Crippen LogP contribution in [0.2, 0.25) is 10.0 Å². The molecule has 0 saturated carbocycles. The van der Waals surface area contributed by atoms with Gasteiger partial charge in [0.25, 0.3) is 10.0 Å². The number of amides is 1. The summed E-state index contributed by atoms with van der Waals surface area (Å²) < 4.78 is 39.3. The van der Waals surface area contributed by atoms with Gasteiger partial charge in [0.15, 0.2) is 11.5 Å². The minimum Gasteiger partial charge on any atom is -0.486 e. The van der Waals surface area contributed by atoms with Gasteiger partial charge in [0, 0.05) is 5.02 Å². The van der Waals surface area contributed by atoms with Gasteiger partial charge < -0.3 is 14.8 Å². The molecule has 10 heteroatoms. The van der Waals surface area contributed by atoms with E-state index in [1.165, 1.54) is 24.3 Å². The molecule has 0 radical (unpaired) electrons. The number of anilines is 1. The van der Waals surface area contributed by atoms with E-state index in [9.17, 15) is 13.2 Å². The van der Waals surface area contributed by atoms with Crippen LogP contribution < -0.4 is 19.1 Å². The van der Waals surface area contributed by atoms with Crippen molar-refractivity contribution in [3.8, 4) is 11.5 Å². The van der Waals surface area contributed by atoms with Crippen LogP contribution in [-0.2, 0) is 14.8 Å². The number of nitrogens with one attached hydrogen (secondary N) is 1. The van der Waals surface area contributed by atoms with Crippen LogP contribution in [0, 0.1) is 6.92 Å². The van der Waals surface area contributed by atoms with E-state index in [-0.39, 0.29) is 15.6 Å². The number of aryl methyl sites for hydroxylation is 1. The van der Waals surface area contributed by atoms with Gasteiger partial charge in [0.05, 0.1) is 21.6 Å². The van der Waals surface area contributed by atoms with Crippen LogP contribution in [0.3, 0.4) is 0 Å². The number of benzene rings is 3. The molecular weight excluding hydrogens is 511 g/mol. The van der Waals surface area contributed by atoms with Gasteiger partial charge in [-0.25, -0.2) is 8.42 Å². The molecule has 3 aromatic carbocycles. The van der Waals surface area contributed by atoms with Gasteiger partial charge in [-0.15, -0.1) is 0 Å². The lowest BCUT2D eigenvalue weighted by Crippen LogP contribution is -2.41. The standard InChI is InChI=1S/C25H24Cl2N2O5S/c1-16-3-7-20(8-4-16)35(31,32)29(22-14-19(26)6-9-21(22)27)15-25(30)28-17(2)18-5-10-23-24(13-18)34-12-11-33-23/h3-10,13-14,17H,11-12,15H2,1-2H3,(H,28,30)/t17-/m1/s1. The number of nitrogens with zero attached hydrogens (tertiary/aromatic N) is 1. The highest BCUT2D eigenvalue weighted by atomic mass is 35.5. The first-order valence-electron chi connectivity index (χ1n) is 10.9. The first kappa shape index (κ1) is 25.2. The Balaban J connectivity index is 1.61. The Morgan fingerprint density at radius 2 is 1.69 bits per heavy atom. The smallest absolute Gasteiger partial charge is 0.264 e. The molecule has 1 N–H and O–H groups in total. The number of fused-ring (bicyclic) bond motifs is 1. The maximum Gasteiger partial charge on any atom is 0.264 e. The zero-order valence-electron chi connectivity index (χ0n) is 19.1. The van der Waals surface area contributed by atoms with Crippen LogP contribution >= 0.6 is 23.2 Å². The Morgan fingerprint density at radius 3 is 2.40 bits per heavy atom. The maximum atomic E-state index is 13.6. The number of halogens is 2. The van der Waals surface area contributed by atoms with E-state index in [0.29, 0.717) is 29.7 Å². The van der Waals surface area contributed by atoms with E-state index in [4.69, 9.17) is 32.7 Å². The Bertz CT molecular complexity index is 1350. The highest BCUT2D eigenvalue weighted by Gasteiger charge is 2.29. The summed E-state index contributed by atoms with van der Waals surface area (Å²) in [6, 6.07) is 15.8. The lowest BCUT2D eigenvalue weighted by molar-refractivity contribution is -0.120. The van der Waals surface area contributed by atoms with Crippen LogP contribution in [0.25, 0.3) is 0 Å². The van der Waals surface area contributed by atoms with Crippen LogP contribution in [0.1, 0.15) is 24.1 Å². The molecular formula is C25H24Cl2N2O5S. The molecule has 0 fully saturated rings. The van der Waals surface area contributed by atoms with Gasteiger partial charge in [-0.2, -0.15) is 0 Å². The molecule has 1 atom stereocenters. The quantitative estimate of drug-likeness (QED) is 0.453. The Morgan fingerprint density at radius 1 is 1.00 bits per heavy atom. The number of ether oxygens (including phenoxy) is 2. The summed E-state index contributed by atoms with van der Waals surface area (Å²) >= 11 is 12.5. The fourth-order valence-corrected chi connectivity index (χ4v) is 5.51. The highest BCUT2D eigenvalue weighted by molar-refractivity contribution is 7.92. The zero-order valence-corrected chi connectivity index (χ0v) is 21.5. The van der Waals surface area contributed by atoms with Crippen molar-refractivity contribution in [2.75, 3.05) is 24.1 Å². The lowest BCUT2D eigenvalue weighted by atomic mass is 10.1. The first-order chi connectivity index (χ1) is 16.6. The molecule has 1 heterocycles. The monoisotopic (exact) mass is 534 g/mol. The van der Waals surface area contributed by atoms with E-state index in [0.717, 1.165) is 15.4 Å². The van der Waals surface area contributed by atoms with E-state index < -0.39 is 28.5 Å². The van der Waals surface area contributed by atoms with E-state index in [2.05, 4.69) is 5.32 Å². The highest BCUT2D eigenvalue weighted by Crippen LogP contribution is 2.34. The molecule has 1 aliphatic heterocycles. The number of carbonyl (C=O) groups is 1. The third-order valence-electron chi connectivity index (χ3n) is 5.52. The molecule has 1 amide bonds. The number of rotatable bonds is 7. The summed E-state index contributed by atoms with van der Waals surface area (Å²) in [5.74, 6) is 0.729. The largest absolute Gasteiger partial charge is 0.486 e. The van der Waals surface area contributed by atoms with Gasteiger partial charge in [-0.1, -0.05) is 47.0 Å². The van der Waals surface area contributed by atoms with Crippen molar-refractivity contribution in [1.82, 2.24) is 5.32 Å². The van der Waals surface area contributed by atoms with Gasteiger partial charge in [-0.05, 0) is 61.9 Å². The molecule has 184 valence electrons. The third kappa shape index (κ3) is 5.66. The van der Waals surface area contributed by atoms with Crippen LogP contribution in [0.5, 0.6) is 11.5 Å². The molecule has 0 aromatic heterocycles. The summed E-state index contributed by atoms with van der Waals surface area (Å²) in [4.78, 5) is 13.1. The molecule has 0 aliphatic carbocycles. The zero-order chi connectivity index (χ0) is 25.2. The van der Waals surface area contributed by atoms with Crippen LogP contribution in [0.15, 0.2) is 65.6 Å². The number of sulfonamides is 1. The summed E-state index contributed by atoms with van der Waals surface area (Å²) in [5.41, 5.74) is 1.81. The van der Waals surface area contributed by atoms with Gasteiger partial charge in [0.2, 0.25) is 5.91 Å². The van der Waals surface area contributed by atoms with Crippen LogP contribution in [0.4, 0.5) is 5.69 Å². The molecule has 7 nitrogen and oxygen atoms in total. The van der Waals surface area contributed by atoms with E-state index in [1.807, 2.05) is 13.0 Å². The fraction of sp³-hybridized carbons (Fsp3) is 0.240. The SMILES string of the molecule is Cc1ccc(S(=O)(=O)N(CC(=O)N[C@H](C)c2ccc3c(c2)OCCO3)c2cc(Cl)ccc2Cl)cc1. The number of hydrogen-bond acceptors (Lipinski definition) is 5. The van der Waals surface area contributed by atoms with Crippen molar-refractivity contribution >= 4 is 44.8 Å². The van der Waals surface area contributed by atoms with Crippen LogP contribution in [-0.4, -0.2) is 34.1 Å². The second-order valence-electron chi connectivity index (χ2n) is 8.11.